The van der Waals surface area contributed by atoms with E-state index in [1.54, 1.807) is 6.07 Å². The number of hydrogen-bond donors (Lipinski definition) is 1. The van der Waals surface area contributed by atoms with E-state index in [9.17, 15) is 4.79 Å². The molecule has 2 aromatic heterocycles. The average molecular weight is 325 g/mol. The van der Waals surface area contributed by atoms with Crippen molar-refractivity contribution in [3.8, 4) is 17.4 Å². The maximum absolute atomic E-state index is 11.9. The molecule has 6 nitrogen and oxygen atoms in total. The van der Waals surface area contributed by atoms with E-state index in [4.69, 9.17) is 4.74 Å². The monoisotopic (exact) mass is 324 g/mol. The predicted molar refractivity (Wildman–Crippen MR) is 74.2 cm³/mol. The van der Waals surface area contributed by atoms with Gasteiger partial charge in [0.05, 0.1) is 12.8 Å². The van der Waals surface area contributed by atoms with Crippen LogP contribution in [0.5, 0.6) is 5.88 Å². The van der Waals surface area contributed by atoms with Crippen LogP contribution in [0.15, 0.2) is 21.7 Å². The van der Waals surface area contributed by atoms with Crippen LogP contribution in [0.4, 0.5) is 0 Å². The molecule has 2 heterocycles. The molecular formula is C12H13BrN4O2. The summed E-state index contributed by atoms with van der Waals surface area (Å²) in [6.07, 6.45) is 1.37. The van der Waals surface area contributed by atoms with E-state index in [0.29, 0.717) is 27.6 Å². The Morgan fingerprint density at radius 1 is 1.37 bits per heavy atom. The summed E-state index contributed by atoms with van der Waals surface area (Å²) >= 11 is 3.25. The van der Waals surface area contributed by atoms with E-state index in [0.717, 1.165) is 0 Å². The number of hydrogen-bond acceptors (Lipinski definition) is 5. The van der Waals surface area contributed by atoms with Gasteiger partial charge in [-0.2, -0.15) is 0 Å². The van der Waals surface area contributed by atoms with E-state index in [-0.39, 0.29) is 11.5 Å². The quantitative estimate of drug-likeness (QED) is 0.935. The van der Waals surface area contributed by atoms with Crippen molar-refractivity contribution >= 4 is 15.9 Å². The number of rotatable bonds is 3. The summed E-state index contributed by atoms with van der Waals surface area (Å²) in [6.45, 7) is 3.94. The van der Waals surface area contributed by atoms with Crippen LogP contribution in [-0.4, -0.2) is 27.0 Å². The number of aromatic nitrogens is 4. The van der Waals surface area contributed by atoms with Crippen LogP contribution in [-0.2, 0) is 0 Å². The Bertz CT molecular complexity index is 654. The summed E-state index contributed by atoms with van der Waals surface area (Å²) < 4.78 is 5.48. The van der Waals surface area contributed by atoms with E-state index in [2.05, 4.69) is 35.9 Å². The molecule has 0 aliphatic carbocycles. The molecule has 0 aliphatic rings. The summed E-state index contributed by atoms with van der Waals surface area (Å²) in [5.41, 5.74) is 0.973. The first-order valence-electron chi connectivity index (χ1n) is 5.69. The lowest BCUT2D eigenvalue weighted by molar-refractivity contribution is 0.397. The van der Waals surface area contributed by atoms with E-state index < -0.39 is 0 Å². The fourth-order valence-corrected chi connectivity index (χ4v) is 2.21. The van der Waals surface area contributed by atoms with E-state index in [1.165, 1.54) is 13.4 Å². The molecule has 0 radical (unpaired) electrons. The van der Waals surface area contributed by atoms with Gasteiger partial charge in [-0.25, -0.2) is 15.0 Å². The van der Waals surface area contributed by atoms with Crippen molar-refractivity contribution in [2.24, 2.45) is 0 Å². The molecule has 0 saturated heterocycles. The Morgan fingerprint density at radius 2 is 2.11 bits per heavy atom. The van der Waals surface area contributed by atoms with Crippen LogP contribution in [0.2, 0.25) is 0 Å². The first-order chi connectivity index (χ1) is 9.02. The molecular weight excluding hydrogens is 312 g/mol. The van der Waals surface area contributed by atoms with Gasteiger partial charge in [0.1, 0.15) is 16.5 Å². The standard InChI is InChI=1S/C12H13BrN4O2/c1-6(2)10-9(13)12(18)17-11(16-10)7-4-8(19-3)15-5-14-7/h4-6H,1-3H3,(H,16,17,18). The molecule has 0 saturated carbocycles. The van der Waals surface area contributed by atoms with Crippen LogP contribution in [0.3, 0.4) is 0 Å². The van der Waals surface area contributed by atoms with Crippen molar-refractivity contribution in [1.29, 1.82) is 0 Å². The SMILES string of the molecule is COc1cc(-c2nc(C(C)C)c(Br)c(=O)[nH]2)ncn1. The van der Waals surface area contributed by atoms with Crippen molar-refractivity contribution < 1.29 is 4.74 Å². The van der Waals surface area contributed by atoms with Gasteiger partial charge in [-0.05, 0) is 21.8 Å². The highest BCUT2D eigenvalue weighted by molar-refractivity contribution is 9.10. The second kappa shape index (κ2) is 5.48. The average Bonchev–Trinajstić information content (AvgIpc) is 2.41. The van der Waals surface area contributed by atoms with Gasteiger partial charge in [-0.1, -0.05) is 13.8 Å². The molecule has 0 aromatic carbocycles. The Kier molecular flexibility index (Phi) is 3.94. The summed E-state index contributed by atoms with van der Waals surface area (Å²) in [6, 6.07) is 1.62. The third kappa shape index (κ3) is 2.81. The predicted octanol–water partition coefficient (Wildman–Crippen LogP) is 2.12. The molecule has 0 bridgehead atoms. The Morgan fingerprint density at radius 3 is 2.74 bits per heavy atom. The number of nitrogens with zero attached hydrogens (tertiary/aromatic N) is 3. The zero-order valence-electron chi connectivity index (χ0n) is 10.8. The maximum atomic E-state index is 11.9. The zero-order chi connectivity index (χ0) is 14.0. The Hall–Kier alpha value is -1.76. The lowest BCUT2D eigenvalue weighted by Gasteiger charge is -2.09. The molecule has 0 fully saturated rings. The van der Waals surface area contributed by atoms with Crippen LogP contribution < -0.4 is 10.3 Å². The van der Waals surface area contributed by atoms with E-state index in [1.807, 2.05) is 13.8 Å². The Labute approximate surface area is 118 Å². The number of halogens is 1. The highest BCUT2D eigenvalue weighted by Gasteiger charge is 2.14. The van der Waals surface area contributed by atoms with Gasteiger partial charge in [0, 0.05) is 6.07 Å². The van der Waals surface area contributed by atoms with Gasteiger partial charge in [0.25, 0.3) is 5.56 Å². The lowest BCUT2D eigenvalue weighted by atomic mass is 10.1. The van der Waals surface area contributed by atoms with Crippen LogP contribution >= 0.6 is 15.9 Å². The third-order valence-electron chi connectivity index (χ3n) is 2.53. The molecule has 0 amide bonds. The largest absolute Gasteiger partial charge is 0.481 e. The number of ether oxygens (including phenoxy) is 1. The summed E-state index contributed by atoms with van der Waals surface area (Å²) in [4.78, 5) is 27.0. The minimum Gasteiger partial charge on any atom is -0.481 e. The molecule has 0 atom stereocenters. The smallest absolute Gasteiger partial charge is 0.265 e. The normalized spacial score (nSPS) is 10.8. The third-order valence-corrected chi connectivity index (χ3v) is 3.30. The van der Waals surface area contributed by atoms with Crippen LogP contribution in [0.25, 0.3) is 11.5 Å². The first kappa shape index (κ1) is 13.7. The minimum absolute atomic E-state index is 0.124. The number of nitrogens with one attached hydrogen (secondary N) is 1. The van der Waals surface area contributed by atoms with Crippen molar-refractivity contribution in [3.05, 3.63) is 32.9 Å². The fraction of sp³-hybridized carbons (Fsp3) is 0.333. The highest BCUT2D eigenvalue weighted by atomic mass is 79.9. The molecule has 100 valence electrons. The molecule has 0 unspecified atom stereocenters. The fourth-order valence-electron chi connectivity index (χ4n) is 1.56. The molecule has 2 rings (SSSR count). The first-order valence-corrected chi connectivity index (χ1v) is 6.48. The van der Waals surface area contributed by atoms with Crippen LogP contribution in [0.1, 0.15) is 25.5 Å². The number of methoxy groups -OCH3 is 1. The topological polar surface area (TPSA) is 80.8 Å². The van der Waals surface area contributed by atoms with Gasteiger partial charge >= 0.3 is 0 Å². The highest BCUT2D eigenvalue weighted by Crippen LogP contribution is 2.22. The minimum atomic E-state index is -0.230. The van der Waals surface area contributed by atoms with Crippen molar-refractivity contribution in [3.63, 3.8) is 0 Å². The van der Waals surface area contributed by atoms with Crippen molar-refractivity contribution in [2.75, 3.05) is 7.11 Å². The molecule has 19 heavy (non-hydrogen) atoms. The zero-order valence-corrected chi connectivity index (χ0v) is 12.4. The van der Waals surface area contributed by atoms with Gasteiger partial charge in [-0.3, -0.25) is 4.79 Å². The summed E-state index contributed by atoms with van der Waals surface area (Å²) in [5.74, 6) is 0.943. The lowest BCUT2D eigenvalue weighted by Crippen LogP contribution is -2.15. The van der Waals surface area contributed by atoms with Gasteiger partial charge in [0.15, 0.2) is 5.82 Å². The van der Waals surface area contributed by atoms with Crippen molar-refractivity contribution in [2.45, 2.75) is 19.8 Å². The maximum Gasteiger partial charge on any atom is 0.265 e. The van der Waals surface area contributed by atoms with Crippen LogP contribution in [0, 0.1) is 0 Å². The molecule has 0 aliphatic heterocycles. The number of H-pyrrole nitrogens is 1. The van der Waals surface area contributed by atoms with Gasteiger partial charge in [-0.15, -0.1) is 0 Å². The van der Waals surface area contributed by atoms with Gasteiger partial charge in [0.2, 0.25) is 5.88 Å². The molecule has 0 spiro atoms. The molecule has 1 N–H and O–H groups in total. The van der Waals surface area contributed by atoms with E-state index >= 15 is 0 Å². The second-order valence-electron chi connectivity index (χ2n) is 4.21. The van der Waals surface area contributed by atoms with Crippen molar-refractivity contribution in [1.82, 2.24) is 19.9 Å². The summed E-state index contributed by atoms with van der Waals surface area (Å²) in [5, 5.41) is 0. The second-order valence-corrected chi connectivity index (χ2v) is 5.01. The summed E-state index contributed by atoms with van der Waals surface area (Å²) in [7, 11) is 1.52. The molecule has 2 aromatic rings. The van der Waals surface area contributed by atoms with Gasteiger partial charge < -0.3 is 9.72 Å². The Balaban J connectivity index is 2.59. The number of aromatic amines is 1. The molecule has 7 heteroatoms.